The second-order valence-electron chi connectivity index (χ2n) is 4.58. The summed E-state index contributed by atoms with van der Waals surface area (Å²) < 4.78 is 0. The Morgan fingerprint density at radius 1 is 0.850 bits per heavy atom. The Hall–Kier alpha value is 0.211. The first-order valence-corrected chi connectivity index (χ1v) is 13.1. The van der Waals surface area contributed by atoms with Crippen LogP contribution in [0.5, 0.6) is 0 Å². The standard InChI is InChI=1S/2C7H9.C2H7Si.2ClH.Ti/c2*1-6-3-4-7(2)5-6;1-3-2;;;/h2*3-5H,1-2H3;3H,1-2H3;2*1H;/q2*-1;;;;+2/p-2. The third kappa shape index (κ3) is 16.3. The van der Waals surface area contributed by atoms with Crippen LogP contribution >= 0.6 is 18.6 Å². The van der Waals surface area contributed by atoms with Crippen molar-refractivity contribution in [3.8, 4) is 0 Å². The predicted molar refractivity (Wildman–Crippen MR) is 93.6 cm³/mol. The number of rotatable bonds is 0. The Kier molecular flexibility index (Phi) is 17.5. The van der Waals surface area contributed by atoms with E-state index in [9.17, 15) is 0 Å². The van der Waals surface area contributed by atoms with Gasteiger partial charge in [0.25, 0.3) is 0 Å². The van der Waals surface area contributed by atoms with E-state index < -0.39 is 17.0 Å². The molecule has 0 aliphatic carbocycles. The van der Waals surface area contributed by atoms with Crippen molar-refractivity contribution >= 4 is 28.1 Å². The van der Waals surface area contributed by atoms with Crippen molar-refractivity contribution in [1.29, 1.82) is 0 Å². The van der Waals surface area contributed by atoms with Crippen LogP contribution in [-0.4, -0.2) is 9.52 Å². The molecule has 2 aromatic carbocycles. The Labute approximate surface area is 144 Å². The van der Waals surface area contributed by atoms with E-state index in [2.05, 4.69) is 77.2 Å². The Morgan fingerprint density at radius 2 is 1.10 bits per heavy atom. The molecule has 0 spiro atoms. The molecule has 0 heterocycles. The summed E-state index contributed by atoms with van der Waals surface area (Å²) in [6.45, 7) is 12.8. The van der Waals surface area contributed by atoms with Crippen molar-refractivity contribution in [3.05, 3.63) is 58.7 Å². The number of aryl methyl sites for hydroxylation is 4. The molecule has 0 unspecified atom stereocenters. The zero-order valence-corrected chi connectivity index (χ0v) is 17.5. The molecule has 1 radical (unpaired) electrons. The van der Waals surface area contributed by atoms with Crippen molar-refractivity contribution in [2.45, 2.75) is 40.8 Å². The van der Waals surface area contributed by atoms with Crippen LogP contribution in [0, 0.1) is 27.7 Å². The van der Waals surface area contributed by atoms with Crippen LogP contribution in [0.3, 0.4) is 0 Å². The van der Waals surface area contributed by atoms with Crippen molar-refractivity contribution in [2.24, 2.45) is 0 Å². The first kappa shape index (κ1) is 22.5. The number of hydrogen-bond acceptors (Lipinski definition) is 0. The van der Waals surface area contributed by atoms with Gasteiger partial charge in [-0.05, 0) is 0 Å². The fourth-order valence-electron chi connectivity index (χ4n) is 1.44. The monoisotopic (exact) mass is 363 g/mol. The van der Waals surface area contributed by atoms with Crippen LogP contribution in [0.2, 0.25) is 13.1 Å². The van der Waals surface area contributed by atoms with E-state index in [1.54, 1.807) is 0 Å². The molecule has 0 bridgehead atoms. The normalized spacial score (nSPS) is 8.20. The van der Waals surface area contributed by atoms with E-state index >= 15 is 0 Å². The van der Waals surface area contributed by atoms with Gasteiger partial charge in [0.05, 0.1) is 0 Å². The number of halogens is 2. The Morgan fingerprint density at radius 3 is 1.15 bits per heavy atom. The molecule has 0 amide bonds. The minimum absolute atomic E-state index is 0.556. The molecule has 0 atom stereocenters. The summed E-state index contributed by atoms with van der Waals surface area (Å²) in [4.78, 5) is 0. The molecule has 20 heavy (non-hydrogen) atoms. The average Bonchev–Trinajstić information content (AvgIpc) is 2.90. The summed E-state index contributed by atoms with van der Waals surface area (Å²) in [5, 5.41) is 0. The van der Waals surface area contributed by atoms with Crippen molar-refractivity contribution in [1.82, 2.24) is 0 Å². The molecule has 0 saturated heterocycles. The van der Waals surface area contributed by atoms with E-state index in [0.29, 0.717) is 0 Å². The molecule has 113 valence electrons. The van der Waals surface area contributed by atoms with Gasteiger partial charge >= 0.3 is 35.6 Å². The average molecular weight is 364 g/mol. The second kappa shape index (κ2) is 15.6. The zero-order chi connectivity index (χ0) is 16.0. The van der Waals surface area contributed by atoms with E-state index in [1.807, 2.05) is 0 Å². The summed E-state index contributed by atoms with van der Waals surface area (Å²) in [5.74, 6) is 0. The maximum atomic E-state index is 4.89. The first-order chi connectivity index (χ1) is 9.40. The molecule has 0 aliphatic rings. The third-order valence-electron chi connectivity index (χ3n) is 2.13. The fourth-order valence-corrected chi connectivity index (χ4v) is 1.44. The van der Waals surface area contributed by atoms with Gasteiger partial charge in [-0.25, -0.2) is 23.3 Å². The molecule has 0 aromatic heterocycles. The van der Waals surface area contributed by atoms with Crippen LogP contribution in [0.4, 0.5) is 0 Å². The minimum atomic E-state index is -0.556. The SMILES string of the molecule is C[SiH]C.Cc1c[cH-]c(C)c1.Cc1c[cH-]c(C)c1.[Cl][Ti][Cl]. The van der Waals surface area contributed by atoms with Crippen molar-refractivity contribution < 1.29 is 17.0 Å². The van der Waals surface area contributed by atoms with Gasteiger partial charge in [0.2, 0.25) is 0 Å². The van der Waals surface area contributed by atoms with Gasteiger partial charge in [0.15, 0.2) is 0 Å². The van der Waals surface area contributed by atoms with Crippen LogP contribution in [0.1, 0.15) is 22.3 Å². The van der Waals surface area contributed by atoms with E-state index in [-0.39, 0.29) is 0 Å². The van der Waals surface area contributed by atoms with Gasteiger partial charge in [0, 0.05) is 9.52 Å². The molecule has 0 nitrogen and oxygen atoms in total. The number of hydrogen-bond donors (Lipinski definition) is 0. The summed E-state index contributed by atoms with van der Waals surface area (Å²) in [7, 11) is 10.5. The van der Waals surface area contributed by atoms with Gasteiger partial charge in [-0.3, -0.25) is 0 Å². The molecule has 0 saturated carbocycles. The molecule has 0 N–H and O–H groups in total. The van der Waals surface area contributed by atoms with E-state index in [0.717, 1.165) is 9.52 Å². The molecule has 0 aliphatic heterocycles. The summed E-state index contributed by atoms with van der Waals surface area (Å²) >= 11 is -0.556. The topological polar surface area (TPSA) is 0 Å². The zero-order valence-electron chi connectivity index (χ0n) is 13.3. The molecular formula is C16H25Cl2SiTi-2. The van der Waals surface area contributed by atoms with Crippen molar-refractivity contribution in [3.63, 3.8) is 0 Å². The Bertz CT molecular complexity index is 348. The third-order valence-corrected chi connectivity index (χ3v) is 2.13. The quantitative estimate of drug-likeness (QED) is 0.401. The molecule has 2 aromatic rings. The Balaban J connectivity index is 0. The van der Waals surface area contributed by atoms with Crippen LogP contribution in [-0.2, 0) is 17.0 Å². The van der Waals surface area contributed by atoms with Crippen molar-refractivity contribution in [2.75, 3.05) is 0 Å². The summed E-state index contributed by atoms with van der Waals surface area (Å²) in [6, 6.07) is 12.8. The second-order valence-corrected chi connectivity index (χ2v) is 8.31. The van der Waals surface area contributed by atoms with Gasteiger partial charge in [-0.15, -0.1) is 0 Å². The predicted octanol–water partition coefficient (Wildman–Crippen LogP) is 5.94. The van der Waals surface area contributed by atoms with Gasteiger partial charge in [-0.2, -0.15) is 35.4 Å². The maximum absolute atomic E-state index is 4.89. The van der Waals surface area contributed by atoms with Crippen LogP contribution in [0.25, 0.3) is 0 Å². The molecule has 4 heteroatoms. The van der Waals surface area contributed by atoms with Gasteiger partial charge in [-0.1, -0.05) is 40.8 Å². The van der Waals surface area contributed by atoms with Crippen LogP contribution < -0.4 is 0 Å². The first-order valence-electron chi connectivity index (χ1n) is 6.51. The summed E-state index contributed by atoms with van der Waals surface area (Å²) in [6.07, 6.45) is 0. The molecule has 2 rings (SSSR count). The van der Waals surface area contributed by atoms with Crippen LogP contribution in [0.15, 0.2) is 36.4 Å². The summed E-state index contributed by atoms with van der Waals surface area (Å²) in [5.41, 5.74) is 5.44. The fraction of sp³-hybridized carbons (Fsp3) is 0.375. The van der Waals surface area contributed by atoms with E-state index in [4.69, 9.17) is 18.6 Å². The molecular weight excluding hydrogens is 339 g/mol. The molecule has 0 fully saturated rings. The van der Waals surface area contributed by atoms with Gasteiger partial charge < -0.3 is 0 Å². The van der Waals surface area contributed by atoms with E-state index in [1.165, 1.54) is 22.3 Å². The van der Waals surface area contributed by atoms with Gasteiger partial charge in [0.1, 0.15) is 0 Å².